The molecule has 0 heterocycles. The number of aliphatic hydroxyl groups excluding tert-OH is 1. The molecule has 0 aliphatic heterocycles. The van der Waals surface area contributed by atoms with E-state index in [1.807, 2.05) is 0 Å². The highest BCUT2D eigenvalue weighted by Gasteiger charge is 2.33. The summed E-state index contributed by atoms with van der Waals surface area (Å²) >= 11 is 12.1. The molecule has 1 aliphatic rings. The largest absolute Gasteiger partial charge is 0.392 e. The number of ketones is 2. The Hall–Kier alpha value is -1.68. The Bertz CT molecular complexity index is 766. The predicted octanol–water partition coefficient (Wildman–Crippen LogP) is 3.26. The van der Waals surface area contributed by atoms with Crippen LogP contribution >= 0.6 is 23.2 Å². The van der Waals surface area contributed by atoms with E-state index in [0.717, 1.165) is 0 Å². The Morgan fingerprint density at radius 3 is 2.25 bits per heavy atom. The second kappa shape index (κ2) is 4.70. The summed E-state index contributed by atoms with van der Waals surface area (Å²) in [4.78, 5) is 25.0. The predicted molar refractivity (Wildman–Crippen MR) is 75.7 cm³/mol. The molecule has 2 aromatic carbocycles. The molecule has 0 unspecified atom stereocenters. The second-order valence-electron chi connectivity index (χ2n) is 4.44. The van der Waals surface area contributed by atoms with Gasteiger partial charge in [0.1, 0.15) is 0 Å². The van der Waals surface area contributed by atoms with Gasteiger partial charge in [-0.3, -0.25) is 9.59 Å². The number of carbonyl (C=O) groups is 2. The summed E-state index contributed by atoms with van der Waals surface area (Å²) in [6, 6.07) is 7.77. The lowest BCUT2D eigenvalue weighted by molar-refractivity contribution is 0.0979. The fraction of sp³-hybridized carbons (Fsp3) is 0.0667. The zero-order valence-corrected chi connectivity index (χ0v) is 11.6. The van der Waals surface area contributed by atoms with Gasteiger partial charge in [0, 0.05) is 11.1 Å². The van der Waals surface area contributed by atoms with E-state index in [1.54, 1.807) is 18.2 Å². The van der Waals surface area contributed by atoms with E-state index >= 15 is 0 Å². The number of hydrogen-bond donors (Lipinski definition) is 1. The molecule has 0 spiro atoms. The number of benzene rings is 2. The average molecular weight is 307 g/mol. The third-order valence-electron chi connectivity index (χ3n) is 3.35. The van der Waals surface area contributed by atoms with Crippen molar-refractivity contribution >= 4 is 34.8 Å². The normalized spacial score (nSPS) is 13.2. The molecule has 0 bridgehead atoms. The summed E-state index contributed by atoms with van der Waals surface area (Å²) in [6.45, 7) is -0.296. The van der Waals surface area contributed by atoms with Crippen LogP contribution < -0.4 is 0 Å². The van der Waals surface area contributed by atoms with Crippen LogP contribution in [0.3, 0.4) is 0 Å². The van der Waals surface area contributed by atoms with E-state index in [0.29, 0.717) is 5.56 Å². The van der Waals surface area contributed by atoms with E-state index in [-0.39, 0.29) is 50.5 Å². The number of aliphatic hydroxyl groups is 1. The van der Waals surface area contributed by atoms with Crippen molar-refractivity contribution in [3.63, 3.8) is 0 Å². The molecular formula is C15H8Cl2O3. The van der Waals surface area contributed by atoms with Crippen molar-refractivity contribution in [1.29, 1.82) is 0 Å². The van der Waals surface area contributed by atoms with E-state index in [4.69, 9.17) is 23.2 Å². The molecule has 20 heavy (non-hydrogen) atoms. The summed E-state index contributed by atoms with van der Waals surface area (Å²) in [5.74, 6) is -0.677. The zero-order valence-electron chi connectivity index (χ0n) is 10.1. The van der Waals surface area contributed by atoms with Crippen molar-refractivity contribution in [2.24, 2.45) is 0 Å². The molecule has 0 amide bonds. The summed E-state index contributed by atoms with van der Waals surface area (Å²) in [5.41, 5.74) is 1.22. The summed E-state index contributed by atoms with van der Waals surface area (Å²) < 4.78 is 0. The SMILES string of the molecule is O=C1c2ccc(CO)c(Cl)c2C(=O)c2cccc(Cl)c21. The Balaban J connectivity index is 2.35. The van der Waals surface area contributed by atoms with Gasteiger partial charge in [-0.1, -0.05) is 41.4 Å². The van der Waals surface area contributed by atoms with Crippen molar-refractivity contribution in [1.82, 2.24) is 0 Å². The summed E-state index contributed by atoms with van der Waals surface area (Å²) in [5, 5.41) is 9.57. The molecular weight excluding hydrogens is 299 g/mol. The summed E-state index contributed by atoms with van der Waals surface area (Å²) in [6.07, 6.45) is 0. The maximum atomic E-state index is 12.5. The van der Waals surface area contributed by atoms with Gasteiger partial charge in [0.15, 0.2) is 11.6 Å². The van der Waals surface area contributed by atoms with E-state index in [1.165, 1.54) is 12.1 Å². The Morgan fingerprint density at radius 2 is 1.55 bits per heavy atom. The summed E-state index contributed by atoms with van der Waals surface area (Å²) in [7, 11) is 0. The number of carbonyl (C=O) groups excluding carboxylic acids is 2. The Labute approximate surface area is 124 Å². The van der Waals surface area contributed by atoms with E-state index < -0.39 is 0 Å². The maximum Gasteiger partial charge on any atom is 0.196 e. The quantitative estimate of drug-likeness (QED) is 0.751. The minimum atomic E-state index is -0.350. The Kier molecular flexibility index (Phi) is 3.13. The lowest BCUT2D eigenvalue weighted by atomic mass is 9.83. The highest BCUT2D eigenvalue weighted by Crippen LogP contribution is 2.36. The monoisotopic (exact) mass is 306 g/mol. The van der Waals surface area contributed by atoms with Gasteiger partial charge in [-0.15, -0.1) is 0 Å². The second-order valence-corrected chi connectivity index (χ2v) is 5.23. The molecule has 2 aromatic rings. The highest BCUT2D eigenvalue weighted by molar-refractivity contribution is 6.42. The van der Waals surface area contributed by atoms with Crippen LogP contribution in [0.25, 0.3) is 0 Å². The topological polar surface area (TPSA) is 54.4 Å². The fourth-order valence-electron chi connectivity index (χ4n) is 2.37. The van der Waals surface area contributed by atoms with Gasteiger partial charge in [0.25, 0.3) is 0 Å². The van der Waals surface area contributed by atoms with Crippen molar-refractivity contribution in [2.75, 3.05) is 0 Å². The standard InChI is InChI=1S/C15H8Cl2O3/c16-10-3-1-2-8-11(10)14(19)9-5-4-7(6-18)13(17)12(9)15(8)20/h1-5,18H,6H2. The maximum absolute atomic E-state index is 12.5. The third-order valence-corrected chi connectivity index (χ3v) is 4.10. The van der Waals surface area contributed by atoms with Gasteiger partial charge < -0.3 is 5.11 Å². The Morgan fingerprint density at radius 1 is 0.900 bits per heavy atom. The highest BCUT2D eigenvalue weighted by atomic mass is 35.5. The molecule has 0 aromatic heterocycles. The van der Waals surface area contributed by atoms with Gasteiger partial charge in [-0.25, -0.2) is 0 Å². The van der Waals surface area contributed by atoms with Gasteiger partial charge >= 0.3 is 0 Å². The lowest BCUT2D eigenvalue weighted by Gasteiger charge is -2.20. The van der Waals surface area contributed by atoms with Crippen LogP contribution in [0.1, 0.15) is 37.4 Å². The molecule has 3 nitrogen and oxygen atoms in total. The first-order chi connectivity index (χ1) is 9.56. The molecule has 1 N–H and O–H groups in total. The smallest absolute Gasteiger partial charge is 0.196 e. The molecule has 0 atom stereocenters. The fourth-order valence-corrected chi connectivity index (χ4v) is 2.94. The van der Waals surface area contributed by atoms with Crippen LogP contribution in [0.15, 0.2) is 30.3 Å². The average Bonchev–Trinajstić information content (AvgIpc) is 2.44. The van der Waals surface area contributed by atoms with Crippen LogP contribution in [0.2, 0.25) is 10.0 Å². The van der Waals surface area contributed by atoms with E-state index in [9.17, 15) is 14.7 Å². The van der Waals surface area contributed by atoms with Crippen LogP contribution in [0, 0.1) is 0 Å². The van der Waals surface area contributed by atoms with E-state index in [2.05, 4.69) is 0 Å². The first-order valence-corrected chi connectivity index (χ1v) is 6.62. The number of halogens is 2. The van der Waals surface area contributed by atoms with Crippen LogP contribution in [0.4, 0.5) is 0 Å². The molecule has 0 saturated heterocycles. The van der Waals surface area contributed by atoms with Crippen molar-refractivity contribution in [3.8, 4) is 0 Å². The first kappa shape index (κ1) is 13.3. The third kappa shape index (κ3) is 1.71. The van der Waals surface area contributed by atoms with Crippen molar-refractivity contribution < 1.29 is 14.7 Å². The molecule has 0 saturated carbocycles. The van der Waals surface area contributed by atoms with Crippen LogP contribution in [0.5, 0.6) is 0 Å². The minimum absolute atomic E-state index is 0.119. The lowest BCUT2D eigenvalue weighted by Crippen LogP contribution is -2.22. The molecule has 3 rings (SSSR count). The number of hydrogen-bond acceptors (Lipinski definition) is 3. The molecule has 0 fully saturated rings. The minimum Gasteiger partial charge on any atom is -0.392 e. The molecule has 1 aliphatic carbocycles. The first-order valence-electron chi connectivity index (χ1n) is 5.86. The number of rotatable bonds is 1. The zero-order chi connectivity index (χ0) is 14.4. The van der Waals surface area contributed by atoms with Crippen molar-refractivity contribution in [2.45, 2.75) is 6.61 Å². The molecule has 0 radical (unpaired) electrons. The van der Waals surface area contributed by atoms with Gasteiger partial charge in [-0.2, -0.15) is 0 Å². The van der Waals surface area contributed by atoms with Gasteiger partial charge in [0.05, 0.1) is 27.8 Å². The molecule has 100 valence electrons. The van der Waals surface area contributed by atoms with Crippen LogP contribution in [-0.4, -0.2) is 16.7 Å². The molecule has 5 heteroatoms. The number of fused-ring (bicyclic) bond motifs is 2. The van der Waals surface area contributed by atoms with Gasteiger partial charge in [0.2, 0.25) is 0 Å². The van der Waals surface area contributed by atoms with Crippen molar-refractivity contribution in [3.05, 3.63) is 68.2 Å². The van der Waals surface area contributed by atoms with Gasteiger partial charge in [-0.05, 0) is 17.7 Å². The van der Waals surface area contributed by atoms with Crippen LogP contribution in [-0.2, 0) is 6.61 Å².